The molecule has 0 spiro atoms. The summed E-state index contributed by atoms with van der Waals surface area (Å²) in [7, 11) is 3.19. The van der Waals surface area contributed by atoms with Crippen LogP contribution in [0.3, 0.4) is 0 Å². The number of benzene rings is 2. The predicted octanol–water partition coefficient (Wildman–Crippen LogP) is 4.31. The monoisotopic (exact) mass is 402 g/mol. The summed E-state index contributed by atoms with van der Waals surface area (Å²) in [5.74, 6) is 2.17. The number of fused-ring (bicyclic) bond motifs is 1. The second-order valence-corrected chi connectivity index (χ2v) is 6.92. The van der Waals surface area contributed by atoms with Gasteiger partial charge in [0.2, 0.25) is 0 Å². The highest BCUT2D eigenvalue weighted by Gasteiger charge is 2.16. The van der Waals surface area contributed by atoms with Gasteiger partial charge in [-0.3, -0.25) is 4.79 Å². The van der Waals surface area contributed by atoms with Crippen LogP contribution in [0.25, 0.3) is 16.7 Å². The normalized spacial score (nSPS) is 10.8. The Kier molecular flexibility index (Phi) is 5.10. The number of nitrogens with zero attached hydrogens (tertiary/aromatic N) is 3. The van der Waals surface area contributed by atoms with Crippen molar-refractivity contribution in [2.75, 3.05) is 19.5 Å². The number of nitrogens with one attached hydrogen (secondary N) is 1. The lowest BCUT2D eigenvalue weighted by molar-refractivity contribution is 0.102. The van der Waals surface area contributed by atoms with E-state index in [1.807, 2.05) is 44.2 Å². The van der Waals surface area contributed by atoms with Crippen molar-refractivity contribution in [3.8, 4) is 17.3 Å². The van der Waals surface area contributed by atoms with Crippen LogP contribution >= 0.6 is 0 Å². The lowest BCUT2D eigenvalue weighted by Gasteiger charge is -2.12. The van der Waals surface area contributed by atoms with E-state index in [0.29, 0.717) is 28.7 Å². The minimum absolute atomic E-state index is 0.259. The van der Waals surface area contributed by atoms with Crippen LogP contribution < -0.4 is 14.8 Å². The average Bonchev–Trinajstić information content (AvgIpc) is 3.13. The molecule has 1 amide bonds. The molecule has 7 nitrogen and oxygen atoms in total. The Hall–Kier alpha value is -3.87. The van der Waals surface area contributed by atoms with Gasteiger partial charge in [0.15, 0.2) is 5.82 Å². The molecule has 2 aromatic heterocycles. The Morgan fingerprint density at radius 2 is 1.80 bits per heavy atom. The molecule has 0 radical (unpaired) electrons. The van der Waals surface area contributed by atoms with E-state index in [4.69, 9.17) is 14.5 Å². The van der Waals surface area contributed by atoms with Gasteiger partial charge < -0.3 is 14.8 Å². The number of rotatable bonds is 5. The molecule has 0 fully saturated rings. The van der Waals surface area contributed by atoms with Gasteiger partial charge in [-0.25, -0.2) is 4.98 Å². The molecule has 7 heteroatoms. The lowest BCUT2D eigenvalue weighted by atomic mass is 10.1. The van der Waals surface area contributed by atoms with Crippen molar-refractivity contribution in [3.05, 3.63) is 71.4 Å². The predicted molar refractivity (Wildman–Crippen MR) is 116 cm³/mol. The molecule has 0 saturated heterocycles. The molecular formula is C23H22N4O3. The number of carbonyl (C=O) groups excluding carboxylic acids is 1. The minimum Gasteiger partial charge on any atom is -0.497 e. The molecule has 1 N–H and O–H groups in total. The van der Waals surface area contributed by atoms with Crippen LogP contribution in [0.5, 0.6) is 11.5 Å². The van der Waals surface area contributed by atoms with Gasteiger partial charge in [-0.1, -0.05) is 18.2 Å². The Morgan fingerprint density at radius 3 is 2.57 bits per heavy atom. The van der Waals surface area contributed by atoms with Crippen LogP contribution in [-0.2, 0) is 0 Å². The first-order chi connectivity index (χ1) is 14.5. The van der Waals surface area contributed by atoms with Crippen molar-refractivity contribution >= 4 is 22.6 Å². The zero-order chi connectivity index (χ0) is 21.3. The second-order valence-electron chi connectivity index (χ2n) is 6.92. The molecule has 30 heavy (non-hydrogen) atoms. The van der Waals surface area contributed by atoms with Gasteiger partial charge in [-0.15, -0.1) is 0 Å². The summed E-state index contributed by atoms with van der Waals surface area (Å²) in [4.78, 5) is 17.6. The summed E-state index contributed by atoms with van der Waals surface area (Å²) in [6.07, 6.45) is 0. The van der Waals surface area contributed by atoms with Crippen molar-refractivity contribution < 1.29 is 14.3 Å². The fraction of sp³-hybridized carbons (Fsp3) is 0.174. The Morgan fingerprint density at radius 1 is 1.00 bits per heavy atom. The summed E-state index contributed by atoms with van der Waals surface area (Å²) in [6, 6.07) is 16.5. The van der Waals surface area contributed by atoms with Gasteiger partial charge in [-0.05, 0) is 49.7 Å². The molecule has 0 bridgehead atoms. The number of amides is 1. The number of aromatic nitrogens is 3. The summed E-state index contributed by atoms with van der Waals surface area (Å²) >= 11 is 0. The van der Waals surface area contributed by atoms with Crippen molar-refractivity contribution in [3.63, 3.8) is 0 Å². The number of pyridine rings is 1. The first-order valence-electron chi connectivity index (χ1n) is 9.47. The second kappa shape index (κ2) is 7.87. The van der Waals surface area contributed by atoms with E-state index < -0.39 is 0 Å². The van der Waals surface area contributed by atoms with E-state index in [-0.39, 0.29) is 5.91 Å². The van der Waals surface area contributed by atoms with E-state index in [1.165, 1.54) is 0 Å². The van der Waals surface area contributed by atoms with E-state index in [1.54, 1.807) is 43.2 Å². The van der Waals surface area contributed by atoms with Crippen molar-refractivity contribution in [2.45, 2.75) is 13.8 Å². The van der Waals surface area contributed by atoms with Gasteiger partial charge in [0.25, 0.3) is 5.91 Å². The molecule has 4 rings (SSSR count). The molecule has 0 saturated carbocycles. The summed E-state index contributed by atoms with van der Waals surface area (Å²) in [6.45, 7) is 3.88. The van der Waals surface area contributed by atoms with Gasteiger partial charge in [0, 0.05) is 17.0 Å². The summed E-state index contributed by atoms with van der Waals surface area (Å²) in [5.41, 5.74) is 3.03. The van der Waals surface area contributed by atoms with E-state index in [9.17, 15) is 4.79 Å². The number of hydrogen-bond donors (Lipinski definition) is 1. The maximum absolute atomic E-state index is 12.8. The molecule has 2 aromatic carbocycles. The molecule has 152 valence electrons. The molecule has 0 aliphatic carbocycles. The number of anilines is 1. The molecule has 0 aliphatic heterocycles. The van der Waals surface area contributed by atoms with Gasteiger partial charge in [-0.2, -0.15) is 9.78 Å². The van der Waals surface area contributed by atoms with Crippen LogP contribution in [0.4, 0.5) is 5.82 Å². The van der Waals surface area contributed by atoms with Crippen LogP contribution in [0.15, 0.2) is 54.6 Å². The van der Waals surface area contributed by atoms with Gasteiger partial charge in [0.05, 0.1) is 19.9 Å². The highest BCUT2D eigenvalue weighted by molar-refractivity contribution is 6.04. The zero-order valence-electron chi connectivity index (χ0n) is 17.3. The maximum atomic E-state index is 12.8. The van der Waals surface area contributed by atoms with E-state index in [2.05, 4.69) is 10.4 Å². The van der Waals surface area contributed by atoms with E-state index >= 15 is 0 Å². The summed E-state index contributed by atoms with van der Waals surface area (Å²) < 4.78 is 12.3. The third-order valence-electron chi connectivity index (χ3n) is 4.84. The SMILES string of the molecule is COc1cccc(C(=O)Nc2cc(C)nn2-c2cc(C)c3cccc(OC)c3n2)c1. The number of para-hydroxylation sites is 1. The third kappa shape index (κ3) is 3.57. The smallest absolute Gasteiger partial charge is 0.256 e. The maximum Gasteiger partial charge on any atom is 0.256 e. The molecule has 0 aliphatic rings. The van der Waals surface area contributed by atoms with Crippen molar-refractivity contribution in [2.24, 2.45) is 0 Å². The minimum atomic E-state index is -0.259. The number of ether oxygens (including phenoxy) is 2. The number of carbonyl (C=O) groups is 1. The Bertz CT molecular complexity index is 1250. The fourth-order valence-electron chi connectivity index (χ4n) is 3.36. The molecule has 0 atom stereocenters. The first kappa shape index (κ1) is 19.4. The first-order valence-corrected chi connectivity index (χ1v) is 9.47. The van der Waals surface area contributed by atoms with Crippen LogP contribution in [-0.4, -0.2) is 34.9 Å². The van der Waals surface area contributed by atoms with Gasteiger partial charge in [0.1, 0.15) is 22.8 Å². The zero-order valence-corrected chi connectivity index (χ0v) is 17.3. The summed E-state index contributed by atoms with van der Waals surface area (Å²) in [5, 5.41) is 8.47. The Balaban J connectivity index is 1.76. The number of aryl methyl sites for hydroxylation is 2. The Labute approximate surface area is 174 Å². The van der Waals surface area contributed by atoms with Crippen LogP contribution in [0, 0.1) is 13.8 Å². The standard InChI is InChI=1S/C23H22N4O3/c1-14-11-20(24-22-18(14)9-6-10-19(22)30-4)27-21(12-15(2)26-27)25-23(28)16-7-5-8-17(13-16)29-3/h5-13H,1-4H3,(H,25,28). The van der Waals surface area contributed by atoms with Crippen LogP contribution in [0.2, 0.25) is 0 Å². The van der Waals surface area contributed by atoms with Crippen molar-refractivity contribution in [1.82, 2.24) is 14.8 Å². The third-order valence-corrected chi connectivity index (χ3v) is 4.84. The molecule has 2 heterocycles. The molecule has 4 aromatic rings. The van der Waals surface area contributed by atoms with Crippen LogP contribution in [0.1, 0.15) is 21.6 Å². The topological polar surface area (TPSA) is 78.3 Å². The van der Waals surface area contributed by atoms with Crippen molar-refractivity contribution in [1.29, 1.82) is 0 Å². The highest BCUT2D eigenvalue weighted by Crippen LogP contribution is 2.28. The highest BCUT2D eigenvalue weighted by atomic mass is 16.5. The largest absolute Gasteiger partial charge is 0.497 e. The number of hydrogen-bond acceptors (Lipinski definition) is 5. The molecular weight excluding hydrogens is 380 g/mol. The number of methoxy groups -OCH3 is 2. The van der Waals surface area contributed by atoms with E-state index in [0.717, 1.165) is 22.2 Å². The lowest BCUT2D eigenvalue weighted by Crippen LogP contribution is -2.15. The average molecular weight is 402 g/mol. The molecule has 0 unspecified atom stereocenters. The van der Waals surface area contributed by atoms with Gasteiger partial charge >= 0.3 is 0 Å². The quantitative estimate of drug-likeness (QED) is 0.538. The fourth-order valence-corrected chi connectivity index (χ4v) is 3.36.